The van der Waals surface area contributed by atoms with E-state index in [0.717, 1.165) is 31.9 Å². The number of benzene rings is 2. The Labute approximate surface area is 182 Å². The van der Waals surface area contributed by atoms with Gasteiger partial charge >= 0.3 is 0 Å². The zero-order chi connectivity index (χ0) is 20.6. The molecule has 150 valence electrons. The number of thioether (sulfide) groups is 1. The van der Waals surface area contributed by atoms with E-state index in [1.807, 2.05) is 67.8 Å². The molecule has 1 aromatic heterocycles. The predicted molar refractivity (Wildman–Crippen MR) is 123 cm³/mol. The normalized spacial score (nSPS) is 10.6. The van der Waals surface area contributed by atoms with Crippen LogP contribution in [0.5, 0.6) is 0 Å². The second kappa shape index (κ2) is 10.5. The van der Waals surface area contributed by atoms with E-state index in [1.165, 1.54) is 11.8 Å². The van der Waals surface area contributed by atoms with Crippen molar-refractivity contribution in [3.8, 4) is 0 Å². The van der Waals surface area contributed by atoms with E-state index < -0.39 is 0 Å². The van der Waals surface area contributed by atoms with Crippen molar-refractivity contribution in [2.75, 3.05) is 22.1 Å². The first-order valence-electron chi connectivity index (χ1n) is 8.92. The average molecular weight is 444 g/mol. The first kappa shape index (κ1) is 21.4. The maximum Gasteiger partial charge on any atom is 0.234 e. The second-order valence-corrected chi connectivity index (χ2v) is 9.50. The largest absolute Gasteiger partial charge is 0.325 e. The zero-order valence-corrected chi connectivity index (χ0v) is 18.5. The molecular formula is C21H21N3O2S3. The van der Waals surface area contributed by atoms with Crippen molar-refractivity contribution in [1.29, 1.82) is 0 Å². The van der Waals surface area contributed by atoms with Crippen LogP contribution in [0.15, 0.2) is 63.1 Å². The summed E-state index contributed by atoms with van der Waals surface area (Å²) in [5, 5.41) is 7.70. The number of anilines is 2. The number of amides is 2. The van der Waals surface area contributed by atoms with Crippen molar-refractivity contribution in [3.05, 3.63) is 65.2 Å². The number of hydrogen-bond donors (Lipinski definition) is 2. The van der Waals surface area contributed by atoms with Crippen LogP contribution >= 0.6 is 34.9 Å². The van der Waals surface area contributed by atoms with Crippen LogP contribution in [-0.4, -0.2) is 28.3 Å². The molecule has 0 saturated heterocycles. The van der Waals surface area contributed by atoms with E-state index in [1.54, 1.807) is 23.1 Å². The topological polar surface area (TPSA) is 71.1 Å². The fraction of sp³-hybridized carbons (Fsp3) is 0.190. The van der Waals surface area contributed by atoms with Gasteiger partial charge in [0.25, 0.3) is 0 Å². The molecule has 0 saturated carbocycles. The molecule has 8 heteroatoms. The van der Waals surface area contributed by atoms with Gasteiger partial charge in [-0.05, 0) is 50.2 Å². The van der Waals surface area contributed by atoms with Crippen LogP contribution < -0.4 is 10.6 Å². The molecule has 0 unspecified atom stereocenters. The minimum Gasteiger partial charge on any atom is -0.325 e. The van der Waals surface area contributed by atoms with Gasteiger partial charge in [-0.1, -0.05) is 29.5 Å². The highest BCUT2D eigenvalue weighted by molar-refractivity contribution is 8.01. The minimum absolute atomic E-state index is 0.120. The summed E-state index contributed by atoms with van der Waals surface area (Å²) >= 11 is 4.50. The fourth-order valence-electron chi connectivity index (χ4n) is 2.35. The van der Waals surface area contributed by atoms with Crippen molar-refractivity contribution < 1.29 is 9.59 Å². The van der Waals surface area contributed by atoms with Gasteiger partial charge in [0.2, 0.25) is 11.8 Å². The van der Waals surface area contributed by atoms with Crippen LogP contribution in [0.2, 0.25) is 0 Å². The van der Waals surface area contributed by atoms with Gasteiger partial charge in [-0.25, -0.2) is 4.98 Å². The Hall–Kier alpha value is -2.29. The van der Waals surface area contributed by atoms with Crippen molar-refractivity contribution in [1.82, 2.24) is 4.98 Å². The number of aromatic nitrogens is 1. The maximum atomic E-state index is 12.1. The lowest BCUT2D eigenvalue weighted by Crippen LogP contribution is -2.18. The Kier molecular flexibility index (Phi) is 7.74. The van der Waals surface area contributed by atoms with Crippen LogP contribution in [0, 0.1) is 13.8 Å². The van der Waals surface area contributed by atoms with Gasteiger partial charge in [0.05, 0.1) is 11.5 Å². The molecule has 5 nitrogen and oxygen atoms in total. The average Bonchev–Trinajstić information content (AvgIpc) is 3.10. The molecule has 0 aliphatic carbocycles. The number of carbonyl (C=O) groups is 2. The van der Waals surface area contributed by atoms with Gasteiger partial charge in [0.15, 0.2) is 4.34 Å². The fourth-order valence-corrected chi connectivity index (χ4v) is 4.78. The Morgan fingerprint density at radius 3 is 1.97 bits per heavy atom. The molecule has 0 radical (unpaired) electrons. The van der Waals surface area contributed by atoms with Gasteiger partial charge in [0, 0.05) is 27.3 Å². The summed E-state index contributed by atoms with van der Waals surface area (Å²) in [6.07, 6.45) is 0. The molecular weight excluding hydrogens is 422 g/mol. The van der Waals surface area contributed by atoms with Crippen LogP contribution in [0.25, 0.3) is 0 Å². The molecule has 2 amide bonds. The number of nitrogens with one attached hydrogen (secondary N) is 2. The third kappa shape index (κ3) is 7.23. The highest BCUT2D eigenvalue weighted by Crippen LogP contribution is 2.30. The van der Waals surface area contributed by atoms with E-state index in [4.69, 9.17) is 0 Å². The Morgan fingerprint density at radius 1 is 0.897 bits per heavy atom. The summed E-state index contributed by atoms with van der Waals surface area (Å²) in [4.78, 5) is 29.5. The molecule has 0 fully saturated rings. The summed E-state index contributed by atoms with van der Waals surface area (Å²) in [5.41, 5.74) is 3.65. The van der Waals surface area contributed by atoms with Crippen molar-refractivity contribution in [3.63, 3.8) is 0 Å². The lowest BCUT2D eigenvalue weighted by atomic mass is 10.2. The maximum absolute atomic E-state index is 12.1. The molecule has 29 heavy (non-hydrogen) atoms. The first-order valence-corrected chi connectivity index (χ1v) is 11.8. The van der Waals surface area contributed by atoms with E-state index >= 15 is 0 Å². The van der Waals surface area contributed by atoms with E-state index in [2.05, 4.69) is 15.6 Å². The van der Waals surface area contributed by atoms with Gasteiger partial charge in [-0.3, -0.25) is 9.59 Å². The number of carbonyl (C=O) groups excluding carboxylic acids is 2. The van der Waals surface area contributed by atoms with E-state index in [-0.39, 0.29) is 23.3 Å². The quantitative estimate of drug-likeness (QED) is 0.499. The molecule has 1 heterocycles. The monoisotopic (exact) mass is 443 g/mol. The summed E-state index contributed by atoms with van der Waals surface area (Å²) < 4.78 is 1.000. The van der Waals surface area contributed by atoms with E-state index in [0.29, 0.717) is 0 Å². The Bertz CT molecular complexity index is 970. The van der Waals surface area contributed by atoms with Crippen LogP contribution in [-0.2, 0) is 9.59 Å². The summed E-state index contributed by atoms with van der Waals surface area (Å²) in [6.45, 7) is 3.97. The highest BCUT2D eigenvalue weighted by atomic mass is 32.2. The second-order valence-electron chi connectivity index (χ2n) is 6.34. The summed E-state index contributed by atoms with van der Waals surface area (Å²) in [7, 11) is 0. The lowest BCUT2D eigenvalue weighted by molar-refractivity contribution is -0.114. The Balaban J connectivity index is 1.38. The standard InChI is InChI=1S/C21H21N3O2S3/c1-14-3-5-16(6-4-14)23-19(25)12-27-13-20(26)24-17-7-9-18(10-8-17)29-21-22-15(2)11-28-21/h3-11H,12-13H2,1-2H3,(H,23,25)(H,24,26). The van der Waals surface area contributed by atoms with Crippen LogP contribution in [0.1, 0.15) is 11.3 Å². The first-order chi connectivity index (χ1) is 14.0. The van der Waals surface area contributed by atoms with Crippen molar-refractivity contribution in [2.45, 2.75) is 23.1 Å². The van der Waals surface area contributed by atoms with Crippen LogP contribution in [0.3, 0.4) is 0 Å². The molecule has 2 aromatic carbocycles. The summed E-state index contributed by atoms with van der Waals surface area (Å²) in [5.74, 6) is 0.194. The molecule has 0 atom stereocenters. The Morgan fingerprint density at radius 2 is 1.45 bits per heavy atom. The summed E-state index contributed by atoms with van der Waals surface area (Å²) in [6, 6.07) is 15.3. The zero-order valence-electron chi connectivity index (χ0n) is 16.1. The molecule has 0 aliphatic rings. The predicted octanol–water partition coefficient (Wildman–Crippen LogP) is 5.22. The molecule has 0 spiro atoms. The number of nitrogens with zero attached hydrogens (tertiary/aromatic N) is 1. The van der Waals surface area contributed by atoms with Crippen molar-refractivity contribution >= 4 is 58.0 Å². The molecule has 0 aliphatic heterocycles. The van der Waals surface area contributed by atoms with Gasteiger partial charge in [-0.2, -0.15) is 0 Å². The smallest absolute Gasteiger partial charge is 0.234 e. The lowest BCUT2D eigenvalue weighted by Gasteiger charge is -2.07. The number of aryl methyl sites for hydroxylation is 2. The molecule has 3 aromatic rings. The molecule has 0 bridgehead atoms. The number of hydrogen-bond acceptors (Lipinski definition) is 6. The van der Waals surface area contributed by atoms with E-state index in [9.17, 15) is 9.59 Å². The SMILES string of the molecule is Cc1ccc(NC(=O)CSCC(=O)Nc2ccc(Sc3nc(C)cs3)cc2)cc1. The van der Waals surface area contributed by atoms with Gasteiger partial charge in [0.1, 0.15) is 0 Å². The minimum atomic E-state index is -0.130. The third-order valence-electron chi connectivity index (χ3n) is 3.74. The molecule has 2 N–H and O–H groups in total. The number of rotatable bonds is 8. The number of thiazole rings is 1. The van der Waals surface area contributed by atoms with Gasteiger partial charge in [-0.15, -0.1) is 23.1 Å². The molecule has 3 rings (SSSR count). The van der Waals surface area contributed by atoms with Crippen LogP contribution in [0.4, 0.5) is 11.4 Å². The van der Waals surface area contributed by atoms with Gasteiger partial charge < -0.3 is 10.6 Å². The highest BCUT2D eigenvalue weighted by Gasteiger charge is 2.07. The third-order valence-corrected chi connectivity index (χ3v) is 6.74. The van der Waals surface area contributed by atoms with Crippen molar-refractivity contribution in [2.24, 2.45) is 0 Å².